The van der Waals surface area contributed by atoms with Gasteiger partial charge in [-0.1, -0.05) is 0 Å². The van der Waals surface area contributed by atoms with Crippen LogP contribution >= 0.6 is 12.4 Å². The summed E-state index contributed by atoms with van der Waals surface area (Å²) >= 11 is 0. The summed E-state index contributed by atoms with van der Waals surface area (Å²) < 4.78 is 27.2. The van der Waals surface area contributed by atoms with Gasteiger partial charge in [-0.3, -0.25) is 4.79 Å². The summed E-state index contributed by atoms with van der Waals surface area (Å²) in [5.74, 6) is -1.03. The fraction of sp³-hybridized carbons (Fsp3) is 0.611. The molecule has 0 aromatic heterocycles. The smallest absolute Gasteiger partial charge is 0.226 e. The van der Waals surface area contributed by atoms with Gasteiger partial charge < -0.3 is 10.2 Å². The molecule has 2 heterocycles. The van der Waals surface area contributed by atoms with E-state index in [1.807, 2.05) is 4.90 Å². The van der Waals surface area contributed by atoms with Gasteiger partial charge in [-0.15, -0.1) is 12.4 Å². The zero-order valence-corrected chi connectivity index (χ0v) is 14.4. The molecule has 2 unspecified atom stereocenters. The molecule has 3 aliphatic rings. The predicted octanol–water partition coefficient (Wildman–Crippen LogP) is 3.09. The first-order valence-corrected chi connectivity index (χ1v) is 8.52. The van der Waals surface area contributed by atoms with Crippen molar-refractivity contribution in [2.45, 2.75) is 31.6 Å². The minimum atomic E-state index is -0.437. The number of halogens is 3. The van der Waals surface area contributed by atoms with Crippen molar-refractivity contribution in [3.05, 3.63) is 35.4 Å². The molecule has 1 N–H and O–H groups in total. The zero-order valence-electron chi connectivity index (χ0n) is 13.6. The third kappa shape index (κ3) is 3.16. The molecule has 1 amide bonds. The van der Waals surface area contributed by atoms with Crippen LogP contribution in [0.25, 0.3) is 0 Å². The Hall–Kier alpha value is -1.20. The molecule has 4 rings (SSSR count). The van der Waals surface area contributed by atoms with Gasteiger partial charge in [-0.25, -0.2) is 8.78 Å². The number of hydrogen-bond donors (Lipinski definition) is 1. The van der Waals surface area contributed by atoms with E-state index in [-0.39, 0.29) is 30.2 Å². The van der Waals surface area contributed by atoms with Crippen LogP contribution in [0.3, 0.4) is 0 Å². The van der Waals surface area contributed by atoms with E-state index < -0.39 is 11.6 Å². The second-order valence-electron chi connectivity index (χ2n) is 7.37. The lowest BCUT2D eigenvalue weighted by molar-refractivity contribution is -0.134. The highest BCUT2D eigenvalue weighted by molar-refractivity contribution is 5.85. The Morgan fingerprint density at radius 2 is 1.96 bits per heavy atom. The highest BCUT2D eigenvalue weighted by Crippen LogP contribution is 2.50. The molecule has 132 valence electrons. The van der Waals surface area contributed by atoms with Crippen LogP contribution in [-0.4, -0.2) is 37.0 Å². The van der Waals surface area contributed by atoms with Gasteiger partial charge in [0, 0.05) is 25.6 Å². The molecule has 1 saturated carbocycles. The van der Waals surface area contributed by atoms with Crippen LogP contribution in [0.4, 0.5) is 8.78 Å². The molecule has 0 bridgehead atoms. The molecule has 1 aliphatic carbocycles. The third-order valence-corrected chi connectivity index (χ3v) is 5.93. The van der Waals surface area contributed by atoms with E-state index in [1.54, 1.807) is 0 Å². The highest BCUT2D eigenvalue weighted by atomic mass is 35.5. The maximum Gasteiger partial charge on any atom is 0.226 e. The van der Waals surface area contributed by atoms with E-state index in [0.29, 0.717) is 17.4 Å². The van der Waals surface area contributed by atoms with Crippen molar-refractivity contribution in [2.24, 2.45) is 11.3 Å². The van der Waals surface area contributed by atoms with Crippen LogP contribution in [0, 0.1) is 23.0 Å². The van der Waals surface area contributed by atoms with Crippen LogP contribution in [-0.2, 0) is 4.79 Å². The maximum absolute atomic E-state index is 13.8. The molecule has 0 radical (unpaired) electrons. The van der Waals surface area contributed by atoms with E-state index in [0.717, 1.165) is 51.2 Å². The van der Waals surface area contributed by atoms with Crippen LogP contribution < -0.4 is 5.32 Å². The number of rotatable bonds is 2. The lowest BCUT2D eigenvalue weighted by Crippen LogP contribution is -2.44. The molecule has 1 spiro atoms. The maximum atomic E-state index is 13.8. The van der Waals surface area contributed by atoms with E-state index in [4.69, 9.17) is 0 Å². The summed E-state index contributed by atoms with van der Waals surface area (Å²) in [7, 11) is 0. The molecular weight excluding hydrogens is 334 g/mol. The van der Waals surface area contributed by atoms with Crippen LogP contribution in [0.5, 0.6) is 0 Å². The van der Waals surface area contributed by atoms with Crippen molar-refractivity contribution in [1.29, 1.82) is 0 Å². The minimum absolute atomic E-state index is 0. The zero-order chi connectivity index (χ0) is 16.0. The van der Waals surface area contributed by atoms with E-state index in [2.05, 4.69) is 5.32 Å². The average Bonchev–Trinajstić information content (AvgIpc) is 3.23. The number of amides is 1. The van der Waals surface area contributed by atoms with Crippen LogP contribution in [0.1, 0.15) is 37.2 Å². The molecule has 3 nitrogen and oxygen atoms in total. The summed E-state index contributed by atoms with van der Waals surface area (Å²) in [6.07, 6.45) is 3.95. The van der Waals surface area contributed by atoms with Gasteiger partial charge in [0.15, 0.2) is 0 Å². The summed E-state index contributed by atoms with van der Waals surface area (Å²) in [6, 6.07) is 3.52. The molecule has 2 saturated heterocycles. The van der Waals surface area contributed by atoms with Crippen molar-refractivity contribution in [3.63, 3.8) is 0 Å². The Labute approximate surface area is 147 Å². The van der Waals surface area contributed by atoms with Crippen molar-refractivity contribution >= 4 is 18.3 Å². The Bertz CT molecular complexity index is 623. The summed E-state index contributed by atoms with van der Waals surface area (Å²) in [4.78, 5) is 14.6. The number of nitrogens with zero attached hydrogens (tertiary/aromatic N) is 1. The van der Waals surface area contributed by atoms with Gasteiger partial charge in [0.1, 0.15) is 11.6 Å². The average molecular weight is 357 g/mol. The lowest BCUT2D eigenvalue weighted by atomic mass is 9.78. The Morgan fingerprint density at radius 3 is 2.62 bits per heavy atom. The molecule has 2 aliphatic heterocycles. The molecule has 3 fully saturated rings. The number of benzene rings is 1. The highest BCUT2D eigenvalue weighted by Gasteiger charge is 2.48. The largest absolute Gasteiger partial charge is 0.342 e. The number of hydrogen-bond acceptors (Lipinski definition) is 2. The minimum Gasteiger partial charge on any atom is -0.342 e. The monoisotopic (exact) mass is 356 g/mol. The molecular formula is C18H23ClF2N2O. The Kier molecular flexibility index (Phi) is 4.85. The van der Waals surface area contributed by atoms with Crippen molar-refractivity contribution < 1.29 is 13.6 Å². The number of carbonyl (C=O) groups excluding carboxylic acids is 1. The molecule has 24 heavy (non-hydrogen) atoms. The number of nitrogens with one attached hydrogen (secondary N) is 1. The second kappa shape index (κ2) is 6.60. The second-order valence-corrected chi connectivity index (χ2v) is 7.37. The standard InChI is InChI=1S/C18H22F2N2O.ClH/c19-12-1-2-16(20)14(9-12)13-10-15(13)17(23)22-7-4-18(5-8-22)3-6-21-11-18;/h1-2,9,13,15,21H,3-8,10-11H2;1H. The predicted molar refractivity (Wildman–Crippen MR) is 90.2 cm³/mol. The first-order chi connectivity index (χ1) is 11.1. The fourth-order valence-corrected chi connectivity index (χ4v) is 4.27. The van der Waals surface area contributed by atoms with Gasteiger partial charge in [-0.05, 0) is 67.3 Å². The summed E-state index contributed by atoms with van der Waals surface area (Å²) in [6.45, 7) is 3.75. The van der Waals surface area contributed by atoms with Crippen LogP contribution in [0.15, 0.2) is 18.2 Å². The third-order valence-electron chi connectivity index (χ3n) is 5.93. The molecule has 6 heteroatoms. The first-order valence-electron chi connectivity index (χ1n) is 8.52. The summed E-state index contributed by atoms with van der Waals surface area (Å²) in [5, 5.41) is 3.42. The first kappa shape index (κ1) is 17.6. The normalized spacial score (nSPS) is 27.8. The van der Waals surface area contributed by atoms with E-state index >= 15 is 0 Å². The van der Waals surface area contributed by atoms with Gasteiger partial charge in [0.05, 0.1) is 0 Å². The van der Waals surface area contributed by atoms with Gasteiger partial charge in [0.2, 0.25) is 5.91 Å². The van der Waals surface area contributed by atoms with Gasteiger partial charge >= 0.3 is 0 Å². The molecule has 2 atom stereocenters. The number of likely N-dealkylation sites (tertiary alicyclic amines) is 1. The van der Waals surface area contributed by atoms with Gasteiger partial charge in [-0.2, -0.15) is 0 Å². The lowest BCUT2D eigenvalue weighted by Gasteiger charge is -2.39. The Balaban J connectivity index is 0.00000169. The van der Waals surface area contributed by atoms with E-state index in [1.165, 1.54) is 12.5 Å². The van der Waals surface area contributed by atoms with Crippen LogP contribution in [0.2, 0.25) is 0 Å². The number of piperidine rings is 1. The molecule has 1 aromatic rings. The number of carbonyl (C=O) groups is 1. The summed E-state index contributed by atoms with van der Waals surface area (Å²) in [5.41, 5.74) is 0.742. The molecule has 1 aromatic carbocycles. The topological polar surface area (TPSA) is 32.3 Å². The fourth-order valence-electron chi connectivity index (χ4n) is 4.27. The van der Waals surface area contributed by atoms with Crippen molar-refractivity contribution in [3.8, 4) is 0 Å². The SMILES string of the molecule is Cl.O=C(C1CC1c1cc(F)ccc1F)N1CCC2(CCNC2)CC1. The quantitative estimate of drug-likeness (QED) is 0.883. The van der Waals surface area contributed by atoms with Gasteiger partial charge in [0.25, 0.3) is 0 Å². The van der Waals surface area contributed by atoms with E-state index in [9.17, 15) is 13.6 Å². The van der Waals surface area contributed by atoms with Crippen molar-refractivity contribution in [1.82, 2.24) is 10.2 Å². The Morgan fingerprint density at radius 1 is 1.21 bits per heavy atom. The van der Waals surface area contributed by atoms with Crippen molar-refractivity contribution in [2.75, 3.05) is 26.2 Å².